The largest absolute Gasteiger partial charge is 0.389 e. The van der Waals surface area contributed by atoms with E-state index >= 15 is 0 Å². The van der Waals surface area contributed by atoms with Crippen molar-refractivity contribution in [2.45, 2.75) is 19.8 Å². The third-order valence-electron chi connectivity index (χ3n) is 1.64. The van der Waals surface area contributed by atoms with Crippen molar-refractivity contribution >= 4 is 0 Å². The van der Waals surface area contributed by atoms with E-state index in [9.17, 15) is 0 Å². The molecule has 0 aromatic rings. The maximum absolute atomic E-state index is 3.33. The van der Waals surface area contributed by atoms with Gasteiger partial charge in [-0.1, -0.05) is 24.3 Å². The third-order valence-corrected chi connectivity index (χ3v) is 1.64. The molecule has 0 heterocycles. The van der Waals surface area contributed by atoms with Gasteiger partial charge in [0.1, 0.15) is 0 Å². The van der Waals surface area contributed by atoms with E-state index in [0.29, 0.717) is 0 Å². The van der Waals surface area contributed by atoms with Crippen molar-refractivity contribution in [2.75, 3.05) is 6.54 Å². The average molecular weight is 149 g/mol. The number of nitrogens with one attached hydrogen (secondary N) is 1. The molecule has 0 atom stereocenters. The van der Waals surface area contributed by atoms with Gasteiger partial charge in [-0.05, 0) is 25.8 Å². The number of hydrogen-bond acceptors (Lipinski definition) is 1. The first-order valence-electron chi connectivity index (χ1n) is 4.19. The van der Waals surface area contributed by atoms with Crippen molar-refractivity contribution < 1.29 is 0 Å². The van der Waals surface area contributed by atoms with Crippen molar-refractivity contribution in [3.05, 3.63) is 36.1 Å². The molecule has 1 aliphatic rings. The van der Waals surface area contributed by atoms with Crippen LogP contribution in [-0.4, -0.2) is 6.54 Å². The zero-order valence-electron chi connectivity index (χ0n) is 7.01. The zero-order valence-corrected chi connectivity index (χ0v) is 7.01. The lowest BCUT2D eigenvalue weighted by atomic mass is 10.2. The zero-order chi connectivity index (χ0) is 7.94. The molecule has 0 aromatic heterocycles. The maximum Gasteiger partial charge on any atom is 0.0115 e. The maximum atomic E-state index is 3.33. The highest BCUT2D eigenvalue weighted by atomic mass is 14.9. The van der Waals surface area contributed by atoms with Crippen LogP contribution in [0.4, 0.5) is 0 Å². The Morgan fingerprint density at radius 1 is 1.36 bits per heavy atom. The molecule has 11 heavy (non-hydrogen) atoms. The van der Waals surface area contributed by atoms with E-state index in [1.165, 1.54) is 5.70 Å². The molecule has 0 saturated heterocycles. The van der Waals surface area contributed by atoms with Crippen LogP contribution in [0.25, 0.3) is 0 Å². The Hall–Kier alpha value is -0.980. The van der Waals surface area contributed by atoms with Gasteiger partial charge in [-0.15, -0.1) is 0 Å². The van der Waals surface area contributed by atoms with E-state index in [2.05, 4.69) is 42.6 Å². The van der Waals surface area contributed by atoms with E-state index in [1.54, 1.807) is 0 Å². The quantitative estimate of drug-likeness (QED) is 0.635. The minimum atomic E-state index is 1.02. The summed E-state index contributed by atoms with van der Waals surface area (Å²) < 4.78 is 0. The molecule has 0 spiro atoms. The minimum Gasteiger partial charge on any atom is -0.389 e. The fourth-order valence-corrected chi connectivity index (χ4v) is 1.11. The van der Waals surface area contributed by atoms with Gasteiger partial charge >= 0.3 is 0 Å². The fraction of sp³-hybridized carbons (Fsp3) is 0.400. The molecule has 1 nitrogen and oxygen atoms in total. The van der Waals surface area contributed by atoms with E-state index in [-0.39, 0.29) is 0 Å². The summed E-state index contributed by atoms with van der Waals surface area (Å²) in [5.74, 6) is 0. The van der Waals surface area contributed by atoms with Crippen LogP contribution in [0.2, 0.25) is 0 Å². The van der Waals surface area contributed by atoms with Gasteiger partial charge in [0, 0.05) is 12.2 Å². The van der Waals surface area contributed by atoms with Crippen LogP contribution >= 0.6 is 0 Å². The topological polar surface area (TPSA) is 12.0 Å². The first-order chi connectivity index (χ1) is 5.43. The second-order valence-corrected chi connectivity index (χ2v) is 2.57. The molecule has 0 fully saturated rings. The van der Waals surface area contributed by atoms with Gasteiger partial charge in [0.2, 0.25) is 0 Å². The Kier molecular flexibility index (Phi) is 3.53. The monoisotopic (exact) mass is 149 g/mol. The van der Waals surface area contributed by atoms with Crippen LogP contribution in [0.15, 0.2) is 36.1 Å². The molecule has 1 rings (SSSR count). The Labute approximate surface area is 68.5 Å². The molecule has 0 radical (unpaired) electrons. The van der Waals surface area contributed by atoms with E-state index in [1.807, 2.05) is 0 Å². The highest BCUT2D eigenvalue weighted by molar-refractivity contribution is 5.18. The highest BCUT2D eigenvalue weighted by Gasteiger charge is 1.92. The summed E-state index contributed by atoms with van der Waals surface area (Å²) in [7, 11) is 0. The van der Waals surface area contributed by atoms with Crippen LogP contribution in [0.1, 0.15) is 19.8 Å². The van der Waals surface area contributed by atoms with Crippen LogP contribution < -0.4 is 5.32 Å². The lowest BCUT2D eigenvalue weighted by molar-refractivity contribution is 0.781. The second-order valence-electron chi connectivity index (χ2n) is 2.57. The molecule has 60 valence electrons. The van der Waals surface area contributed by atoms with E-state index in [0.717, 1.165) is 19.4 Å². The molecule has 1 N–H and O–H groups in total. The van der Waals surface area contributed by atoms with Gasteiger partial charge in [-0.2, -0.15) is 0 Å². The summed E-state index contributed by atoms with van der Waals surface area (Å²) in [4.78, 5) is 0. The van der Waals surface area contributed by atoms with Crippen LogP contribution in [0.5, 0.6) is 0 Å². The Balaban J connectivity index is 2.51. The van der Waals surface area contributed by atoms with Crippen molar-refractivity contribution in [1.82, 2.24) is 5.32 Å². The van der Waals surface area contributed by atoms with Gasteiger partial charge in [0.15, 0.2) is 0 Å². The predicted octanol–water partition coefficient (Wildman–Crippen LogP) is 2.39. The third kappa shape index (κ3) is 3.08. The summed E-state index contributed by atoms with van der Waals surface area (Å²) in [6, 6.07) is 0. The molecular formula is C10H15N. The van der Waals surface area contributed by atoms with Gasteiger partial charge in [-0.3, -0.25) is 0 Å². The molecule has 0 aromatic carbocycles. The fourth-order valence-electron chi connectivity index (χ4n) is 1.11. The number of rotatable bonds is 2. The SMILES string of the molecule is CCN/C1=C/C=C\C=C/CC1. The highest BCUT2D eigenvalue weighted by Crippen LogP contribution is 2.05. The van der Waals surface area contributed by atoms with Gasteiger partial charge in [-0.25, -0.2) is 0 Å². The molecule has 0 aliphatic heterocycles. The van der Waals surface area contributed by atoms with Gasteiger partial charge in [0.25, 0.3) is 0 Å². The van der Waals surface area contributed by atoms with Crippen LogP contribution in [0, 0.1) is 0 Å². The molecule has 0 unspecified atom stereocenters. The van der Waals surface area contributed by atoms with Crippen molar-refractivity contribution in [3.8, 4) is 0 Å². The summed E-state index contributed by atoms with van der Waals surface area (Å²) in [6.07, 6.45) is 12.9. The first-order valence-corrected chi connectivity index (χ1v) is 4.19. The van der Waals surface area contributed by atoms with E-state index < -0.39 is 0 Å². The summed E-state index contributed by atoms with van der Waals surface area (Å²) >= 11 is 0. The number of allylic oxidation sites excluding steroid dienone is 6. The van der Waals surface area contributed by atoms with Gasteiger partial charge < -0.3 is 5.32 Å². The standard InChI is InChI=1S/C10H15N/c1-2-11-10-8-6-4-3-5-7-9-10/h3-6,8,11H,2,7,9H2,1H3/b5-3-,6-4-,10-8+. The normalized spacial score (nSPS) is 27.5. The molecule has 0 bridgehead atoms. The number of hydrogen-bond donors (Lipinski definition) is 1. The summed E-state index contributed by atoms with van der Waals surface area (Å²) in [5, 5.41) is 3.33. The van der Waals surface area contributed by atoms with Crippen LogP contribution in [0.3, 0.4) is 0 Å². The Morgan fingerprint density at radius 3 is 3.09 bits per heavy atom. The van der Waals surface area contributed by atoms with Crippen molar-refractivity contribution in [3.63, 3.8) is 0 Å². The van der Waals surface area contributed by atoms with Crippen molar-refractivity contribution in [1.29, 1.82) is 0 Å². The summed E-state index contributed by atoms with van der Waals surface area (Å²) in [6.45, 7) is 3.14. The molecule has 1 aliphatic carbocycles. The second kappa shape index (κ2) is 4.78. The lowest BCUT2D eigenvalue weighted by Gasteiger charge is -2.07. The van der Waals surface area contributed by atoms with Crippen LogP contribution in [-0.2, 0) is 0 Å². The lowest BCUT2D eigenvalue weighted by Crippen LogP contribution is -2.11. The first kappa shape index (κ1) is 8.12. The predicted molar refractivity (Wildman–Crippen MR) is 49.3 cm³/mol. The molecular weight excluding hydrogens is 134 g/mol. The molecule has 0 saturated carbocycles. The average Bonchev–Trinajstić information content (AvgIpc) is 1.94. The molecule has 1 heteroatoms. The Bertz CT molecular complexity index is 187. The molecule has 0 amide bonds. The summed E-state index contributed by atoms with van der Waals surface area (Å²) in [5.41, 5.74) is 1.34. The van der Waals surface area contributed by atoms with Crippen molar-refractivity contribution in [2.24, 2.45) is 0 Å². The Morgan fingerprint density at radius 2 is 2.27 bits per heavy atom. The van der Waals surface area contributed by atoms with E-state index in [4.69, 9.17) is 0 Å². The minimum absolute atomic E-state index is 1.02. The smallest absolute Gasteiger partial charge is 0.0115 e. The van der Waals surface area contributed by atoms with Gasteiger partial charge in [0.05, 0.1) is 0 Å².